The Hall–Kier alpha value is -4.20. The quantitative estimate of drug-likeness (QED) is 0.288. The molecule has 13 heteroatoms. The van der Waals surface area contributed by atoms with E-state index >= 15 is 0 Å². The second-order valence-electron chi connectivity index (χ2n) is 10.00. The molecule has 2 aliphatic heterocycles. The van der Waals surface area contributed by atoms with E-state index in [1.807, 2.05) is 35.2 Å². The summed E-state index contributed by atoms with van der Waals surface area (Å²) in [4.78, 5) is 28.1. The van der Waals surface area contributed by atoms with E-state index in [-0.39, 0.29) is 11.9 Å². The number of thiazole rings is 1. The van der Waals surface area contributed by atoms with Crippen LogP contribution >= 0.6 is 11.3 Å². The first-order valence-corrected chi connectivity index (χ1v) is 14.5. The highest BCUT2D eigenvalue weighted by molar-refractivity contribution is 7.18. The topological polar surface area (TPSA) is 126 Å². The van der Waals surface area contributed by atoms with Gasteiger partial charge in [0.25, 0.3) is 0 Å². The minimum absolute atomic E-state index is 0.0363. The van der Waals surface area contributed by atoms with Crippen molar-refractivity contribution >= 4 is 34.0 Å². The SMILES string of the molecule is C=CC(=O)N1CCC[C@H](Nc2cc(CN3CCOCC3)cc(Nc3ncc(-c4nnn(-c5ccccc5)n4)s3)n2)C1. The van der Waals surface area contributed by atoms with E-state index in [4.69, 9.17) is 9.72 Å². The van der Waals surface area contributed by atoms with Crippen LogP contribution in [0, 0.1) is 0 Å². The van der Waals surface area contributed by atoms with Crippen molar-refractivity contribution in [3.63, 3.8) is 0 Å². The Morgan fingerprint density at radius 3 is 2.80 bits per heavy atom. The lowest BCUT2D eigenvalue weighted by Gasteiger charge is -2.33. The van der Waals surface area contributed by atoms with Gasteiger partial charge in [-0.15, -0.1) is 15.0 Å². The van der Waals surface area contributed by atoms with Crippen molar-refractivity contribution in [3.05, 3.63) is 66.9 Å². The van der Waals surface area contributed by atoms with Crippen LogP contribution in [0.4, 0.5) is 16.8 Å². The molecule has 1 atom stereocenters. The van der Waals surface area contributed by atoms with Crippen molar-refractivity contribution in [3.8, 4) is 16.4 Å². The molecule has 5 heterocycles. The van der Waals surface area contributed by atoms with Gasteiger partial charge in [0.2, 0.25) is 11.7 Å². The molecule has 41 heavy (non-hydrogen) atoms. The van der Waals surface area contributed by atoms with Crippen molar-refractivity contribution in [2.45, 2.75) is 25.4 Å². The predicted molar refractivity (Wildman–Crippen MR) is 157 cm³/mol. The maximum Gasteiger partial charge on any atom is 0.246 e. The Morgan fingerprint density at radius 2 is 1.98 bits per heavy atom. The summed E-state index contributed by atoms with van der Waals surface area (Å²) in [6, 6.07) is 13.9. The van der Waals surface area contributed by atoms with Gasteiger partial charge in [0.1, 0.15) is 11.6 Å². The number of nitrogens with zero attached hydrogens (tertiary/aromatic N) is 8. The first kappa shape index (κ1) is 27.0. The Morgan fingerprint density at radius 1 is 1.15 bits per heavy atom. The zero-order valence-electron chi connectivity index (χ0n) is 22.6. The molecular weight excluding hydrogens is 540 g/mol. The Balaban J connectivity index is 1.20. The standard InChI is InChI=1S/C28H32N10O2S/c1-2-26(39)37-10-6-7-21(19-37)30-24-15-20(18-36-11-13-40-14-12-36)16-25(31-24)32-28-29-17-23(41-28)27-33-35-38(34-27)22-8-4-3-5-9-22/h2-5,8-9,15-17,21H,1,6-7,10-14,18-19H2,(H2,29,30,31,32)/t21-/m0/s1. The summed E-state index contributed by atoms with van der Waals surface area (Å²) in [5.41, 5.74) is 1.97. The number of carbonyl (C=O) groups excluding carboxylic acids is 1. The second-order valence-corrected chi connectivity index (χ2v) is 11.0. The zero-order chi connectivity index (χ0) is 28.0. The number of hydrogen-bond acceptors (Lipinski definition) is 11. The zero-order valence-corrected chi connectivity index (χ0v) is 23.5. The molecule has 212 valence electrons. The molecule has 1 aromatic carbocycles. The van der Waals surface area contributed by atoms with Crippen LogP contribution in [0.25, 0.3) is 16.4 Å². The number of piperidine rings is 1. The van der Waals surface area contributed by atoms with Gasteiger partial charge in [-0.25, -0.2) is 9.97 Å². The van der Waals surface area contributed by atoms with Crippen molar-refractivity contribution in [2.75, 3.05) is 50.0 Å². The molecule has 2 aliphatic rings. The normalized spacial score (nSPS) is 17.8. The van der Waals surface area contributed by atoms with Gasteiger partial charge in [0.15, 0.2) is 5.13 Å². The van der Waals surface area contributed by atoms with E-state index < -0.39 is 0 Å². The van der Waals surface area contributed by atoms with E-state index in [0.717, 1.165) is 74.2 Å². The third-order valence-electron chi connectivity index (χ3n) is 7.02. The van der Waals surface area contributed by atoms with Crippen molar-refractivity contribution in [2.24, 2.45) is 0 Å². The van der Waals surface area contributed by atoms with Gasteiger partial charge in [-0.05, 0) is 54.0 Å². The summed E-state index contributed by atoms with van der Waals surface area (Å²) in [5, 5.41) is 20.5. The summed E-state index contributed by atoms with van der Waals surface area (Å²) >= 11 is 1.44. The van der Waals surface area contributed by atoms with Crippen LogP contribution in [0.2, 0.25) is 0 Å². The summed E-state index contributed by atoms with van der Waals surface area (Å²) in [7, 11) is 0. The number of rotatable bonds is 9. The van der Waals surface area contributed by atoms with E-state index in [1.165, 1.54) is 22.2 Å². The van der Waals surface area contributed by atoms with Crippen molar-refractivity contribution < 1.29 is 9.53 Å². The van der Waals surface area contributed by atoms with Gasteiger partial charge >= 0.3 is 0 Å². The van der Waals surface area contributed by atoms with Crippen LogP contribution in [-0.4, -0.2) is 91.3 Å². The minimum atomic E-state index is -0.0363. The summed E-state index contributed by atoms with van der Waals surface area (Å²) in [5.74, 6) is 1.92. The second kappa shape index (κ2) is 12.5. The molecule has 0 saturated carbocycles. The predicted octanol–water partition coefficient (Wildman–Crippen LogP) is 3.35. The van der Waals surface area contributed by atoms with Crippen molar-refractivity contribution in [1.29, 1.82) is 0 Å². The first-order chi connectivity index (χ1) is 20.1. The Labute approximate surface area is 242 Å². The van der Waals surface area contributed by atoms with Crippen LogP contribution in [-0.2, 0) is 16.1 Å². The van der Waals surface area contributed by atoms with Crippen LogP contribution < -0.4 is 10.6 Å². The molecule has 6 rings (SSSR count). The fourth-order valence-corrected chi connectivity index (χ4v) is 5.74. The van der Waals surface area contributed by atoms with Gasteiger partial charge in [0.05, 0.1) is 30.0 Å². The number of ether oxygens (including phenoxy) is 1. The van der Waals surface area contributed by atoms with Crippen LogP contribution in [0.3, 0.4) is 0 Å². The lowest BCUT2D eigenvalue weighted by molar-refractivity contribution is -0.127. The lowest BCUT2D eigenvalue weighted by Crippen LogP contribution is -2.44. The van der Waals surface area contributed by atoms with Crippen molar-refractivity contribution in [1.82, 2.24) is 40.0 Å². The molecule has 0 unspecified atom stereocenters. The third-order valence-corrected chi connectivity index (χ3v) is 7.93. The molecule has 0 bridgehead atoms. The van der Waals surface area contributed by atoms with E-state index in [1.54, 1.807) is 6.20 Å². The van der Waals surface area contributed by atoms with Crippen LogP contribution in [0.1, 0.15) is 18.4 Å². The van der Waals surface area contributed by atoms with Crippen LogP contribution in [0.15, 0.2) is 61.3 Å². The number of anilines is 3. The van der Waals surface area contributed by atoms with Gasteiger partial charge in [-0.2, -0.15) is 0 Å². The van der Waals surface area contributed by atoms with E-state index in [9.17, 15) is 4.79 Å². The highest BCUT2D eigenvalue weighted by Gasteiger charge is 2.23. The highest BCUT2D eigenvalue weighted by atomic mass is 32.1. The Kier molecular flexibility index (Phi) is 8.26. The molecule has 0 radical (unpaired) electrons. The highest BCUT2D eigenvalue weighted by Crippen LogP contribution is 2.29. The number of benzene rings is 1. The number of para-hydroxylation sites is 1. The average molecular weight is 573 g/mol. The van der Waals surface area contributed by atoms with Gasteiger partial charge < -0.3 is 20.3 Å². The number of aromatic nitrogens is 6. The molecule has 0 aliphatic carbocycles. The number of hydrogen-bond donors (Lipinski definition) is 2. The number of tetrazole rings is 1. The minimum Gasteiger partial charge on any atom is -0.379 e. The average Bonchev–Trinajstić information content (AvgIpc) is 3.68. The number of carbonyl (C=O) groups is 1. The number of pyridine rings is 1. The maximum atomic E-state index is 12.2. The van der Waals surface area contributed by atoms with E-state index in [0.29, 0.717) is 23.3 Å². The summed E-state index contributed by atoms with van der Waals surface area (Å²) < 4.78 is 5.53. The summed E-state index contributed by atoms with van der Waals surface area (Å²) in [6.45, 7) is 9.05. The monoisotopic (exact) mass is 572 g/mol. The Bertz CT molecular complexity index is 1480. The molecule has 2 N–H and O–H groups in total. The third kappa shape index (κ3) is 6.76. The number of likely N-dealkylation sites (tertiary alicyclic amines) is 1. The lowest BCUT2D eigenvalue weighted by atomic mass is 10.1. The molecule has 2 saturated heterocycles. The number of amides is 1. The molecule has 1 amide bonds. The first-order valence-electron chi connectivity index (χ1n) is 13.7. The molecule has 0 spiro atoms. The molecular formula is C28H32N10O2S. The largest absolute Gasteiger partial charge is 0.379 e. The number of morpholine rings is 1. The smallest absolute Gasteiger partial charge is 0.246 e. The fourth-order valence-electron chi connectivity index (χ4n) is 5.00. The molecule has 3 aromatic heterocycles. The molecule has 12 nitrogen and oxygen atoms in total. The van der Waals surface area contributed by atoms with Gasteiger partial charge in [-0.1, -0.05) is 36.1 Å². The molecule has 2 fully saturated rings. The maximum absolute atomic E-state index is 12.2. The summed E-state index contributed by atoms with van der Waals surface area (Å²) in [6.07, 6.45) is 5.02. The molecule has 4 aromatic rings. The van der Waals surface area contributed by atoms with Crippen LogP contribution in [0.5, 0.6) is 0 Å². The fraction of sp³-hybridized carbons (Fsp3) is 0.357. The van der Waals surface area contributed by atoms with Gasteiger partial charge in [-0.3, -0.25) is 9.69 Å². The van der Waals surface area contributed by atoms with E-state index in [2.05, 4.69) is 54.6 Å². The van der Waals surface area contributed by atoms with Gasteiger partial charge in [0, 0.05) is 38.8 Å². The number of nitrogens with one attached hydrogen (secondary N) is 2.